The number of benzene rings is 2. The van der Waals surface area contributed by atoms with Crippen LogP contribution in [0, 0.1) is 10.1 Å². The molecule has 1 unspecified atom stereocenters. The summed E-state index contributed by atoms with van der Waals surface area (Å²) in [7, 11) is 1.68. The first-order valence-corrected chi connectivity index (χ1v) is 7.83. The first-order valence-electron chi connectivity index (χ1n) is 7.83. The van der Waals surface area contributed by atoms with Gasteiger partial charge in [-0.1, -0.05) is 42.5 Å². The highest BCUT2D eigenvalue weighted by atomic mass is 16.6. The summed E-state index contributed by atoms with van der Waals surface area (Å²) in [4.78, 5) is 24.9. The minimum absolute atomic E-state index is 0.0408. The van der Waals surface area contributed by atoms with E-state index in [-0.39, 0.29) is 24.2 Å². The molecule has 0 aliphatic carbocycles. The van der Waals surface area contributed by atoms with E-state index in [2.05, 4.69) is 11.4 Å². The fraction of sp³-hybridized carbons (Fsp3) is 0.278. The molecule has 1 heterocycles. The van der Waals surface area contributed by atoms with E-state index in [1.807, 2.05) is 18.2 Å². The molecule has 1 atom stereocenters. The van der Waals surface area contributed by atoms with E-state index >= 15 is 0 Å². The van der Waals surface area contributed by atoms with Crippen molar-refractivity contribution in [1.29, 1.82) is 0 Å². The molecule has 0 fully saturated rings. The van der Waals surface area contributed by atoms with Crippen molar-refractivity contribution in [3.8, 4) is 0 Å². The lowest BCUT2D eigenvalue weighted by atomic mass is 9.95. The number of hydrogen-bond acceptors (Lipinski definition) is 4. The zero-order valence-corrected chi connectivity index (χ0v) is 13.4. The van der Waals surface area contributed by atoms with Gasteiger partial charge in [0.15, 0.2) is 0 Å². The SMILES string of the molecule is CN(Cc1ccccc1[N+](=O)[O-])C(=O)C1Cc2ccccc2CN1. The molecule has 0 radical (unpaired) electrons. The number of fused-ring (bicyclic) bond motifs is 1. The summed E-state index contributed by atoms with van der Waals surface area (Å²) in [5.74, 6) is -0.0531. The summed E-state index contributed by atoms with van der Waals surface area (Å²) in [6, 6.07) is 14.3. The molecule has 24 heavy (non-hydrogen) atoms. The van der Waals surface area contributed by atoms with Crippen LogP contribution in [-0.4, -0.2) is 28.8 Å². The van der Waals surface area contributed by atoms with Gasteiger partial charge in [0, 0.05) is 25.2 Å². The fourth-order valence-electron chi connectivity index (χ4n) is 3.05. The molecule has 1 aliphatic heterocycles. The third-order valence-electron chi connectivity index (χ3n) is 4.35. The number of para-hydroxylation sites is 1. The van der Waals surface area contributed by atoms with E-state index < -0.39 is 4.92 Å². The lowest BCUT2D eigenvalue weighted by Gasteiger charge is -2.29. The minimum atomic E-state index is -0.414. The lowest BCUT2D eigenvalue weighted by Crippen LogP contribution is -2.48. The number of hydrogen-bond donors (Lipinski definition) is 1. The van der Waals surface area contributed by atoms with E-state index in [1.165, 1.54) is 17.2 Å². The Morgan fingerprint density at radius 1 is 1.21 bits per heavy atom. The Kier molecular flexibility index (Phi) is 4.57. The Bertz CT molecular complexity index is 776. The van der Waals surface area contributed by atoms with E-state index in [1.54, 1.807) is 30.1 Å². The summed E-state index contributed by atoms with van der Waals surface area (Å²) < 4.78 is 0. The van der Waals surface area contributed by atoms with Gasteiger partial charge in [-0.05, 0) is 17.5 Å². The molecule has 6 heteroatoms. The molecule has 0 saturated heterocycles. The fourth-order valence-corrected chi connectivity index (χ4v) is 3.05. The van der Waals surface area contributed by atoms with Crippen molar-refractivity contribution in [2.75, 3.05) is 7.05 Å². The van der Waals surface area contributed by atoms with E-state index in [0.29, 0.717) is 18.5 Å². The Morgan fingerprint density at radius 2 is 1.88 bits per heavy atom. The van der Waals surface area contributed by atoms with Crippen LogP contribution in [0.2, 0.25) is 0 Å². The summed E-state index contributed by atoms with van der Waals surface area (Å²) in [6.07, 6.45) is 0.635. The normalized spacial score (nSPS) is 16.3. The van der Waals surface area contributed by atoms with E-state index in [4.69, 9.17) is 0 Å². The smallest absolute Gasteiger partial charge is 0.274 e. The third kappa shape index (κ3) is 3.28. The van der Waals surface area contributed by atoms with Gasteiger partial charge in [0.1, 0.15) is 0 Å². The monoisotopic (exact) mass is 325 g/mol. The molecule has 1 N–H and O–H groups in total. The topological polar surface area (TPSA) is 75.5 Å². The Labute approximate surface area is 140 Å². The second kappa shape index (κ2) is 6.80. The first kappa shape index (κ1) is 16.1. The zero-order chi connectivity index (χ0) is 17.1. The molecule has 1 amide bonds. The molecular weight excluding hydrogens is 306 g/mol. The molecule has 6 nitrogen and oxygen atoms in total. The third-order valence-corrected chi connectivity index (χ3v) is 4.35. The zero-order valence-electron chi connectivity index (χ0n) is 13.4. The average Bonchev–Trinajstić information content (AvgIpc) is 2.61. The highest BCUT2D eigenvalue weighted by molar-refractivity contribution is 5.82. The van der Waals surface area contributed by atoms with Crippen LogP contribution in [-0.2, 0) is 24.3 Å². The summed E-state index contributed by atoms with van der Waals surface area (Å²) >= 11 is 0. The van der Waals surface area contributed by atoms with Crippen LogP contribution in [0.1, 0.15) is 16.7 Å². The first-order chi connectivity index (χ1) is 11.6. The van der Waals surface area contributed by atoms with Gasteiger partial charge in [-0.3, -0.25) is 14.9 Å². The van der Waals surface area contributed by atoms with Crippen molar-refractivity contribution in [1.82, 2.24) is 10.2 Å². The quantitative estimate of drug-likeness (QED) is 0.691. The molecule has 124 valence electrons. The number of nitrogens with one attached hydrogen (secondary N) is 1. The van der Waals surface area contributed by atoms with Crippen molar-refractivity contribution >= 4 is 11.6 Å². The van der Waals surface area contributed by atoms with Crippen LogP contribution in [0.5, 0.6) is 0 Å². The Morgan fingerprint density at radius 3 is 2.62 bits per heavy atom. The highest BCUT2D eigenvalue weighted by Gasteiger charge is 2.27. The number of amides is 1. The Balaban J connectivity index is 1.71. The molecule has 0 bridgehead atoms. The number of nitro groups is 1. The van der Waals surface area contributed by atoms with Crippen molar-refractivity contribution in [2.45, 2.75) is 25.6 Å². The van der Waals surface area contributed by atoms with Gasteiger partial charge in [-0.25, -0.2) is 0 Å². The van der Waals surface area contributed by atoms with Gasteiger partial charge >= 0.3 is 0 Å². The average molecular weight is 325 g/mol. The number of nitro benzene ring substituents is 1. The Hall–Kier alpha value is -2.73. The predicted octanol–water partition coefficient (Wildman–Crippen LogP) is 2.27. The number of rotatable bonds is 4. The molecule has 2 aromatic rings. The van der Waals surface area contributed by atoms with E-state index in [0.717, 1.165) is 0 Å². The van der Waals surface area contributed by atoms with Gasteiger partial charge in [0.25, 0.3) is 5.69 Å². The maximum Gasteiger partial charge on any atom is 0.274 e. The largest absolute Gasteiger partial charge is 0.340 e. The van der Waals surface area contributed by atoms with Crippen molar-refractivity contribution < 1.29 is 9.72 Å². The van der Waals surface area contributed by atoms with Crippen molar-refractivity contribution in [3.05, 3.63) is 75.3 Å². The maximum atomic E-state index is 12.7. The number of carbonyl (C=O) groups is 1. The summed E-state index contributed by atoms with van der Waals surface area (Å²) in [6.45, 7) is 0.877. The van der Waals surface area contributed by atoms with Gasteiger partial charge < -0.3 is 10.2 Å². The number of likely N-dealkylation sites (N-methyl/N-ethyl adjacent to an activating group) is 1. The molecule has 0 aromatic heterocycles. The van der Waals surface area contributed by atoms with Crippen LogP contribution in [0.3, 0.4) is 0 Å². The molecular formula is C18H19N3O3. The van der Waals surface area contributed by atoms with Gasteiger partial charge in [-0.2, -0.15) is 0 Å². The van der Waals surface area contributed by atoms with Crippen LogP contribution in [0.15, 0.2) is 48.5 Å². The standard InChI is InChI=1S/C18H19N3O3/c1-20(12-15-8-4-5-9-17(15)21(23)24)18(22)16-10-13-6-2-3-7-14(13)11-19-16/h2-9,16,19H,10-12H2,1H3. The second-order valence-corrected chi connectivity index (χ2v) is 5.99. The molecule has 0 saturated carbocycles. The van der Waals surface area contributed by atoms with Crippen LogP contribution in [0.25, 0.3) is 0 Å². The van der Waals surface area contributed by atoms with Crippen molar-refractivity contribution in [3.63, 3.8) is 0 Å². The summed E-state index contributed by atoms with van der Waals surface area (Å²) in [5.41, 5.74) is 2.96. The molecule has 2 aromatic carbocycles. The van der Waals surface area contributed by atoms with Crippen LogP contribution < -0.4 is 5.32 Å². The highest BCUT2D eigenvalue weighted by Crippen LogP contribution is 2.21. The van der Waals surface area contributed by atoms with Gasteiger partial charge in [-0.15, -0.1) is 0 Å². The number of nitrogens with zero attached hydrogens (tertiary/aromatic N) is 2. The van der Waals surface area contributed by atoms with E-state index in [9.17, 15) is 14.9 Å². The predicted molar refractivity (Wildman–Crippen MR) is 90.3 cm³/mol. The summed E-state index contributed by atoms with van der Waals surface area (Å²) in [5, 5.41) is 14.4. The maximum absolute atomic E-state index is 12.7. The second-order valence-electron chi connectivity index (χ2n) is 5.99. The van der Waals surface area contributed by atoms with Gasteiger partial charge in [0.2, 0.25) is 5.91 Å². The van der Waals surface area contributed by atoms with Crippen LogP contribution in [0.4, 0.5) is 5.69 Å². The molecule has 3 rings (SSSR count). The van der Waals surface area contributed by atoms with Crippen molar-refractivity contribution in [2.24, 2.45) is 0 Å². The van der Waals surface area contributed by atoms with Crippen LogP contribution >= 0.6 is 0 Å². The molecule has 1 aliphatic rings. The number of carbonyl (C=O) groups excluding carboxylic acids is 1. The lowest BCUT2D eigenvalue weighted by molar-refractivity contribution is -0.385. The minimum Gasteiger partial charge on any atom is -0.340 e. The van der Waals surface area contributed by atoms with Gasteiger partial charge in [0.05, 0.1) is 17.5 Å². The molecule has 0 spiro atoms.